The number of anilines is 1. The summed E-state index contributed by atoms with van der Waals surface area (Å²) in [5.41, 5.74) is 0.807. The second-order valence-electron chi connectivity index (χ2n) is 5.61. The number of nitrogens with zero attached hydrogens (tertiary/aromatic N) is 1. The Kier molecular flexibility index (Phi) is 3.11. The summed E-state index contributed by atoms with van der Waals surface area (Å²) >= 11 is 0. The van der Waals surface area contributed by atoms with E-state index < -0.39 is 0 Å². The fraction of sp³-hybridized carbons (Fsp3) is 0.533. The molecule has 1 aromatic rings. The highest BCUT2D eigenvalue weighted by molar-refractivity contribution is 5.89. The van der Waals surface area contributed by atoms with Gasteiger partial charge in [0.15, 0.2) is 11.5 Å². The van der Waals surface area contributed by atoms with Gasteiger partial charge in [0.05, 0.1) is 5.69 Å². The van der Waals surface area contributed by atoms with Crippen molar-refractivity contribution in [3.05, 3.63) is 18.2 Å². The average Bonchev–Trinajstić information content (AvgIpc) is 2.54. The first-order valence-electron chi connectivity index (χ1n) is 7.40. The molecule has 21 heavy (non-hydrogen) atoms. The number of ether oxygens (including phenoxy) is 3. The summed E-state index contributed by atoms with van der Waals surface area (Å²) in [7, 11) is 0. The number of hydrogen-bond acceptors (Lipinski definition) is 5. The molecule has 0 saturated carbocycles. The van der Waals surface area contributed by atoms with E-state index >= 15 is 0 Å². The third kappa shape index (κ3) is 2.29. The van der Waals surface area contributed by atoms with Crippen LogP contribution in [-0.4, -0.2) is 45.0 Å². The van der Waals surface area contributed by atoms with Crippen molar-refractivity contribution in [1.29, 1.82) is 0 Å². The van der Waals surface area contributed by atoms with E-state index in [1.807, 2.05) is 18.2 Å². The molecule has 0 unspecified atom stereocenters. The number of hydrogen-bond donors (Lipinski definition) is 1. The van der Waals surface area contributed by atoms with Crippen LogP contribution in [0.25, 0.3) is 0 Å². The van der Waals surface area contributed by atoms with E-state index in [2.05, 4.69) is 5.32 Å². The maximum Gasteiger partial charge on any atom is 0.414 e. The molecule has 0 spiro atoms. The first-order valence-corrected chi connectivity index (χ1v) is 7.40. The predicted octanol–water partition coefficient (Wildman–Crippen LogP) is 1.39. The van der Waals surface area contributed by atoms with E-state index in [0.29, 0.717) is 31.4 Å². The maximum atomic E-state index is 12.2. The third-order valence-electron chi connectivity index (χ3n) is 4.29. The Labute approximate surface area is 123 Å². The standard InChI is InChI=1S/C15H18N2O4/c18-15-17(9-10-3-4-16-8-14(10)21-15)11-1-2-12-13(7-11)20-6-5-19-12/h1-2,7,10,14,16H,3-6,8-9H2/t10-,14+/m1/s1. The second-order valence-corrected chi connectivity index (χ2v) is 5.61. The summed E-state index contributed by atoms with van der Waals surface area (Å²) in [4.78, 5) is 13.9. The van der Waals surface area contributed by atoms with E-state index in [-0.39, 0.29) is 12.2 Å². The van der Waals surface area contributed by atoms with E-state index in [1.54, 1.807) is 4.90 Å². The zero-order chi connectivity index (χ0) is 14.2. The Balaban J connectivity index is 1.59. The lowest BCUT2D eigenvalue weighted by atomic mass is 9.93. The van der Waals surface area contributed by atoms with Crippen LogP contribution < -0.4 is 19.7 Å². The minimum Gasteiger partial charge on any atom is -0.486 e. The molecule has 1 N–H and O–H groups in total. The molecule has 2 saturated heterocycles. The molecule has 4 rings (SSSR count). The average molecular weight is 290 g/mol. The van der Waals surface area contributed by atoms with Gasteiger partial charge in [-0.1, -0.05) is 0 Å². The number of piperidine rings is 1. The van der Waals surface area contributed by atoms with E-state index in [0.717, 1.165) is 30.9 Å². The predicted molar refractivity (Wildman–Crippen MR) is 76.0 cm³/mol. The number of benzene rings is 1. The second kappa shape index (κ2) is 5.11. The van der Waals surface area contributed by atoms with Crippen molar-refractivity contribution in [2.24, 2.45) is 5.92 Å². The Morgan fingerprint density at radius 1 is 1.19 bits per heavy atom. The van der Waals surface area contributed by atoms with Gasteiger partial charge in [-0.3, -0.25) is 4.90 Å². The van der Waals surface area contributed by atoms with Gasteiger partial charge in [0, 0.05) is 25.1 Å². The van der Waals surface area contributed by atoms with Gasteiger partial charge >= 0.3 is 6.09 Å². The molecule has 112 valence electrons. The van der Waals surface area contributed by atoms with Gasteiger partial charge in [0.1, 0.15) is 19.3 Å². The molecule has 3 aliphatic rings. The lowest BCUT2D eigenvalue weighted by Gasteiger charge is -2.40. The molecule has 2 atom stereocenters. The van der Waals surface area contributed by atoms with Crippen molar-refractivity contribution in [3.63, 3.8) is 0 Å². The van der Waals surface area contributed by atoms with Gasteiger partial charge < -0.3 is 19.5 Å². The highest BCUT2D eigenvalue weighted by atomic mass is 16.6. The van der Waals surface area contributed by atoms with Gasteiger partial charge in [0.2, 0.25) is 0 Å². The normalized spacial score (nSPS) is 27.8. The Morgan fingerprint density at radius 3 is 2.95 bits per heavy atom. The van der Waals surface area contributed by atoms with Crippen molar-refractivity contribution in [2.75, 3.05) is 37.7 Å². The van der Waals surface area contributed by atoms with Crippen LogP contribution >= 0.6 is 0 Å². The molecule has 0 aromatic heterocycles. The van der Waals surface area contributed by atoms with Gasteiger partial charge in [-0.2, -0.15) is 0 Å². The summed E-state index contributed by atoms with van der Waals surface area (Å²) in [5.74, 6) is 1.81. The third-order valence-corrected chi connectivity index (χ3v) is 4.29. The zero-order valence-corrected chi connectivity index (χ0v) is 11.7. The fourth-order valence-electron chi connectivity index (χ4n) is 3.14. The van der Waals surface area contributed by atoms with Crippen LogP contribution in [0.2, 0.25) is 0 Å². The lowest BCUT2D eigenvalue weighted by Crippen LogP contribution is -2.54. The van der Waals surface area contributed by atoms with Crippen LogP contribution in [-0.2, 0) is 4.74 Å². The molecular weight excluding hydrogens is 272 g/mol. The molecule has 3 aliphatic heterocycles. The molecule has 6 heteroatoms. The van der Waals surface area contributed by atoms with E-state index in [9.17, 15) is 4.79 Å². The van der Waals surface area contributed by atoms with Crippen LogP contribution in [0.4, 0.5) is 10.5 Å². The quantitative estimate of drug-likeness (QED) is 0.847. The summed E-state index contributed by atoms with van der Waals surface area (Å²) in [6.45, 7) is 3.54. The summed E-state index contributed by atoms with van der Waals surface area (Å²) < 4.78 is 16.6. The summed E-state index contributed by atoms with van der Waals surface area (Å²) in [6, 6.07) is 5.60. The van der Waals surface area contributed by atoms with Crippen LogP contribution in [0.15, 0.2) is 18.2 Å². The highest BCUT2D eigenvalue weighted by Gasteiger charge is 2.37. The van der Waals surface area contributed by atoms with Crippen molar-refractivity contribution in [2.45, 2.75) is 12.5 Å². The lowest BCUT2D eigenvalue weighted by molar-refractivity contribution is 0.0329. The fourth-order valence-corrected chi connectivity index (χ4v) is 3.14. The number of amides is 1. The molecule has 1 amide bonds. The number of carbonyl (C=O) groups is 1. The van der Waals surface area contributed by atoms with Crippen molar-refractivity contribution in [3.8, 4) is 11.5 Å². The Hall–Kier alpha value is -1.95. The largest absolute Gasteiger partial charge is 0.486 e. The molecule has 3 heterocycles. The van der Waals surface area contributed by atoms with Crippen molar-refractivity contribution < 1.29 is 19.0 Å². The number of fused-ring (bicyclic) bond motifs is 2. The topological polar surface area (TPSA) is 60.0 Å². The molecule has 2 fully saturated rings. The molecule has 0 radical (unpaired) electrons. The molecule has 6 nitrogen and oxygen atoms in total. The Morgan fingerprint density at radius 2 is 2.05 bits per heavy atom. The first kappa shape index (κ1) is 12.8. The van der Waals surface area contributed by atoms with E-state index in [4.69, 9.17) is 14.2 Å². The van der Waals surface area contributed by atoms with Gasteiger partial charge in [-0.25, -0.2) is 4.79 Å². The van der Waals surface area contributed by atoms with Crippen LogP contribution in [0.1, 0.15) is 6.42 Å². The molecule has 0 bridgehead atoms. The summed E-state index contributed by atoms with van der Waals surface area (Å²) in [6.07, 6.45) is 0.746. The number of carbonyl (C=O) groups excluding carboxylic acids is 1. The number of rotatable bonds is 1. The minimum atomic E-state index is -0.281. The monoisotopic (exact) mass is 290 g/mol. The first-order chi connectivity index (χ1) is 10.3. The van der Waals surface area contributed by atoms with Gasteiger partial charge in [0.25, 0.3) is 0 Å². The minimum absolute atomic E-state index is 0.000268. The van der Waals surface area contributed by atoms with Gasteiger partial charge in [-0.15, -0.1) is 0 Å². The SMILES string of the molecule is O=C1O[C@H]2CNCC[C@@H]2CN1c1ccc2c(c1)OCCO2. The van der Waals surface area contributed by atoms with Gasteiger partial charge in [-0.05, 0) is 25.1 Å². The van der Waals surface area contributed by atoms with Crippen LogP contribution in [0, 0.1) is 5.92 Å². The number of nitrogens with one attached hydrogen (secondary N) is 1. The molecule has 0 aliphatic carbocycles. The van der Waals surface area contributed by atoms with E-state index in [1.165, 1.54) is 0 Å². The zero-order valence-electron chi connectivity index (χ0n) is 11.7. The Bertz CT molecular complexity index is 563. The maximum absolute atomic E-state index is 12.2. The highest BCUT2D eigenvalue weighted by Crippen LogP contribution is 2.36. The van der Waals surface area contributed by atoms with Crippen LogP contribution in [0.5, 0.6) is 11.5 Å². The van der Waals surface area contributed by atoms with Crippen molar-refractivity contribution >= 4 is 11.8 Å². The molecule has 1 aromatic carbocycles. The summed E-state index contributed by atoms with van der Waals surface area (Å²) in [5, 5.41) is 3.27. The molecular formula is C15H18N2O4. The smallest absolute Gasteiger partial charge is 0.414 e. The van der Waals surface area contributed by atoms with Crippen molar-refractivity contribution in [1.82, 2.24) is 5.32 Å². The van der Waals surface area contributed by atoms with Crippen LogP contribution in [0.3, 0.4) is 0 Å².